The quantitative estimate of drug-likeness (QED) is 0.639. The summed E-state index contributed by atoms with van der Waals surface area (Å²) in [6, 6.07) is 10.6. The third-order valence-electron chi connectivity index (χ3n) is 3.96. The van der Waals surface area contributed by atoms with Gasteiger partial charge in [0.15, 0.2) is 11.5 Å². The monoisotopic (exact) mass is 327 g/mol. The van der Waals surface area contributed by atoms with Crippen molar-refractivity contribution in [3.63, 3.8) is 0 Å². The van der Waals surface area contributed by atoms with Gasteiger partial charge in [0.1, 0.15) is 11.6 Å². The minimum absolute atomic E-state index is 0.0416. The standard InChI is InChI=1S/C17H21N5O2/c1-11(2)14(10-23)18-15-7-8-16-19-20-17(22(16)21-15)9-12-3-5-13(24)6-4-12/h3-8,11,14,23-24H,9-10H2,1-2H3,(H,18,21). The van der Waals surface area contributed by atoms with E-state index in [2.05, 4.69) is 20.6 Å². The first kappa shape index (κ1) is 16.2. The summed E-state index contributed by atoms with van der Waals surface area (Å²) < 4.78 is 1.70. The highest BCUT2D eigenvalue weighted by Gasteiger charge is 2.14. The summed E-state index contributed by atoms with van der Waals surface area (Å²) in [6.07, 6.45) is 0.561. The normalized spacial score (nSPS) is 12.7. The van der Waals surface area contributed by atoms with Gasteiger partial charge in [-0.15, -0.1) is 15.3 Å². The van der Waals surface area contributed by atoms with Crippen LogP contribution in [0.2, 0.25) is 0 Å². The van der Waals surface area contributed by atoms with Gasteiger partial charge in [-0.3, -0.25) is 0 Å². The fraction of sp³-hybridized carbons (Fsp3) is 0.353. The first-order valence-electron chi connectivity index (χ1n) is 7.93. The summed E-state index contributed by atoms with van der Waals surface area (Å²) >= 11 is 0. The largest absolute Gasteiger partial charge is 0.508 e. The van der Waals surface area contributed by atoms with Crippen LogP contribution < -0.4 is 5.32 Å². The van der Waals surface area contributed by atoms with Gasteiger partial charge in [0.25, 0.3) is 0 Å². The second kappa shape index (κ2) is 6.84. The van der Waals surface area contributed by atoms with Crippen LogP contribution in [0.3, 0.4) is 0 Å². The van der Waals surface area contributed by atoms with Crippen molar-refractivity contribution in [3.05, 3.63) is 47.8 Å². The number of aliphatic hydroxyl groups is 1. The second-order valence-electron chi connectivity index (χ2n) is 6.13. The number of nitrogens with one attached hydrogen (secondary N) is 1. The molecule has 0 saturated heterocycles. The van der Waals surface area contributed by atoms with Crippen LogP contribution in [0.4, 0.5) is 5.82 Å². The van der Waals surface area contributed by atoms with Gasteiger partial charge in [-0.1, -0.05) is 26.0 Å². The molecule has 0 aliphatic rings. The first-order chi connectivity index (χ1) is 11.6. The molecule has 7 heteroatoms. The van der Waals surface area contributed by atoms with E-state index in [0.29, 0.717) is 23.7 Å². The number of aromatic nitrogens is 4. The summed E-state index contributed by atoms with van der Waals surface area (Å²) in [5.41, 5.74) is 1.68. The molecule has 3 N–H and O–H groups in total. The van der Waals surface area contributed by atoms with Crippen molar-refractivity contribution in [1.29, 1.82) is 0 Å². The average molecular weight is 327 g/mol. The zero-order chi connectivity index (χ0) is 17.1. The van der Waals surface area contributed by atoms with Crippen LogP contribution in [0.5, 0.6) is 5.75 Å². The molecular weight excluding hydrogens is 306 g/mol. The van der Waals surface area contributed by atoms with Crippen LogP contribution in [0, 0.1) is 5.92 Å². The molecule has 0 bridgehead atoms. The molecule has 3 aromatic rings. The van der Waals surface area contributed by atoms with Crippen molar-refractivity contribution in [2.75, 3.05) is 11.9 Å². The number of phenolic OH excluding ortho intramolecular Hbond substituents is 1. The summed E-state index contributed by atoms with van der Waals surface area (Å²) in [6.45, 7) is 4.13. The molecule has 3 rings (SSSR count). The van der Waals surface area contributed by atoms with Crippen molar-refractivity contribution in [2.24, 2.45) is 5.92 Å². The Morgan fingerprint density at radius 2 is 1.83 bits per heavy atom. The Morgan fingerprint density at radius 1 is 1.08 bits per heavy atom. The van der Waals surface area contributed by atoms with Crippen molar-refractivity contribution < 1.29 is 10.2 Å². The highest BCUT2D eigenvalue weighted by molar-refractivity contribution is 5.45. The van der Waals surface area contributed by atoms with Crippen LogP contribution in [-0.4, -0.2) is 42.7 Å². The van der Waals surface area contributed by atoms with Gasteiger partial charge in [-0.05, 0) is 35.7 Å². The number of hydrogen-bond donors (Lipinski definition) is 3. The number of aromatic hydroxyl groups is 1. The molecule has 2 heterocycles. The van der Waals surface area contributed by atoms with Gasteiger partial charge in [-0.2, -0.15) is 4.52 Å². The maximum atomic E-state index is 9.46. The average Bonchev–Trinajstić information content (AvgIpc) is 2.97. The Hall–Kier alpha value is -2.67. The molecule has 0 spiro atoms. The Bertz CT molecular complexity index is 813. The van der Waals surface area contributed by atoms with E-state index in [1.807, 2.05) is 38.1 Å². The Balaban J connectivity index is 1.87. The third-order valence-corrected chi connectivity index (χ3v) is 3.96. The molecule has 2 aromatic heterocycles. The summed E-state index contributed by atoms with van der Waals surface area (Å²) in [7, 11) is 0. The van der Waals surface area contributed by atoms with Gasteiger partial charge in [0.2, 0.25) is 0 Å². The van der Waals surface area contributed by atoms with Crippen LogP contribution in [0.1, 0.15) is 25.2 Å². The van der Waals surface area contributed by atoms with Crippen molar-refractivity contribution in [2.45, 2.75) is 26.3 Å². The molecule has 7 nitrogen and oxygen atoms in total. The van der Waals surface area contributed by atoms with Gasteiger partial charge in [0.05, 0.1) is 12.6 Å². The molecule has 24 heavy (non-hydrogen) atoms. The molecule has 0 saturated carbocycles. The van der Waals surface area contributed by atoms with Crippen LogP contribution in [0.25, 0.3) is 5.65 Å². The Morgan fingerprint density at radius 3 is 2.50 bits per heavy atom. The van der Waals surface area contributed by atoms with Crippen LogP contribution in [0.15, 0.2) is 36.4 Å². The predicted molar refractivity (Wildman–Crippen MR) is 91.0 cm³/mol. The molecule has 0 fully saturated rings. The third kappa shape index (κ3) is 3.46. The van der Waals surface area contributed by atoms with Gasteiger partial charge in [-0.25, -0.2) is 0 Å². The van der Waals surface area contributed by atoms with E-state index in [9.17, 15) is 10.2 Å². The molecule has 1 atom stereocenters. The number of phenols is 1. The number of benzene rings is 1. The number of nitrogens with zero attached hydrogens (tertiary/aromatic N) is 4. The summed E-state index contributed by atoms with van der Waals surface area (Å²) in [4.78, 5) is 0. The lowest BCUT2D eigenvalue weighted by molar-refractivity contribution is 0.249. The Labute approximate surface area is 140 Å². The van der Waals surface area contributed by atoms with Crippen LogP contribution >= 0.6 is 0 Å². The molecule has 0 aliphatic carbocycles. The number of fused-ring (bicyclic) bond motifs is 1. The molecule has 1 unspecified atom stereocenters. The number of rotatable bonds is 6. The topological polar surface area (TPSA) is 95.6 Å². The zero-order valence-electron chi connectivity index (χ0n) is 13.7. The van der Waals surface area contributed by atoms with E-state index in [4.69, 9.17) is 0 Å². The SMILES string of the molecule is CC(C)C(CO)Nc1ccc2nnc(Cc3ccc(O)cc3)n2n1. The smallest absolute Gasteiger partial charge is 0.178 e. The van der Waals surface area contributed by atoms with E-state index in [-0.39, 0.29) is 24.3 Å². The zero-order valence-corrected chi connectivity index (χ0v) is 13.7. The van der Waals surface area contributed by atoms with E-state index in [0.717, 1.165) is 5.56 Å². The lowest BCUT2D eigenvalue weighted by Gasteiger charge is -2.20. The highest BCUT2D eigenvalue weighted by atomic mass is 16.3. The summed E-state index contributed by atoms with van der Waals surface area (Å²) in [5, 5.41) is 34.9. The van der Waals surface area contributed by atoms with Crippen LogP contribution in [-0.2, 0) is 6.42 Å². The predicted octanol–water partition coefficient (Wildman–Crippen LogP) is 1.85. The molecule has 1 aromatic carbocycles. The maximum absolute atomic E-state index is 9.46. The molecule has 0 aliphatic heterocycles. The fourth-order valence-corrected chi connectivity index (χ4v) is 2.43. The van der Waals surface area contributed by atoms with Crippen molar-refractivity contribution >= 4 is 11.5 Å². The van der Waals surface area contributed by atoms with E-state index in [1.165, 1.54) is 0 Å². The number of hydrogen-bond acceptors (Lipinski definition) is 6. The van der Waals surface area contributed by atoms with E-state index < -0.39 is 0 Å². The fourth-order valence-electron chi connectivity index (χ4n) is 2.43. The van der Waals surface area contributed by atoms with E-state index >= 15 is 0 Å². The minimum atomic E-state index is -0.0630. The number of anilines is 1. The first-order valence-corrected chi connectivity index (χ1v) is 7.93. The van der Waals surface area contributed by atoms with Crippen molar-refractivity contribution in [1.82, 2.24) is 19.8 Å². The molecule has 126 valence electrons. The van der Waals surface area contributed by atoms with Gasteiger partial charge >= 0.3 is 0 Å². The highest BCUT2D eigenvalue weighted by Crippen LogP contribution is 2.15. The Kier molecular flexibility index (Phi) is 4.61. The molecular formula is C17H21N5O2. The van der Waals surface area contributed by atoms with Gasteiger partial charge in [0, 0.05) is 6.42 Å². The number of aliphatic hydroxyl groups excluding tert-OH is 1. The van der Waals surface area contributed by atoms with Gasteiger partial charge < -0.3 is 15.5 Å². The maximum Gasteiger partial charge on any atom is 0.178 e. The summed E-state index contributed by atoms with van der Waals surface area (Å²) in [5.74, 6) is 1.90. The van der Waals surface area contributed by atoms with Crippen molar-refractivity contribution in [3.8, 4) is 5.75 Å². The molecule has 0 amide bonds. The van der Waals surface area contributed by atoms with E-state index in [1.54, 1.807) is 16.6 Å². The lowest BCUT2D eigenvalue weighted by Crippen LogP contribution is -2.30. The lowest BCUT2D eigenvalue weighted by atomic mass is 10.1. The minimum Gasteiger partial charge on any atom is -0.508 e. The second-order valence-corrected chi connectivity index (χ2v) is 6.13. The molecule has 0 radical (unpaired) electrons.